The zero-order valence-electron chi connectivity index (χ0n) is 25.4. The van der Waals surface area contributed by atoms with Crippen LogP contribution >= 0.6 is 0 Å². The lowest BCUT2D eigenvalue weighted by molar-refractivity contribution is -0.0905. The molecular formula is C31H35F4N5O5. The lowest BCUT2D eigenvalue weighted by Gasteiger charge is -2.29. The summed E-state index contributed by atoms with van der Waals surface area (Å²) < 4.78 is 74.0. The predicted molar refractivity (Wildman–Crippen MR) is 160 cm³/mol. The molecule has 0 aliphatic carbocycles. The third-order valence-electron chi connectivity index (χ3n) is 7.35. The molecule has 1 fully saturated rings. The van der Waals surface area contributed by atoms with Gasteiger partial charge in [0.25, 0.3) is 11.8 Å². The van der Waals surface area contributed by atoms with Crippen LogP contribution in [-0.2, 0) is 0 Å². The van der Waals surface area contributed by atoms with Gasteiger partial charge in [-0.1, -0.05) is 18.7 Å². The fourth-order valence-electron chi connectivity index (χ4n) is 4.86. The third-order valence-corrected chi connectivity index (χ3v) is 7.35. The van der Waals surface area contributed by atoms with Gasteiger partial charge in [0.1, 0.15) is 46.6 Å². The van der Waals surface area contributed by atoms with Crippen LogP contribution in [0.3, 0.4) is 0 Å². The first-order valence-electron chi connectivity index (χ1n) is 14.1. The molecule has 2 aliphatic rings. The summed E-state index contributed by atoms with van der Waals surface area (Å²) in [5, 5.41) is 5.56. The Kier molecular flexibility index (Phi) is 10.4. The number of alkyl halides is 3. The lowest BCUT2D eigenvalue weighted by atomic mass is 10.0. The lowest BCUT2D eigenvalue weighted by Crippen LogP contribution is -2.43. The molecule has 2 aromatic rings. The van der Waals surface area contributed by atoms with E-state index in [1.165, 1.54) is 50.2 Å². The van der Waals surface area contributed by atoms with Crippen LogP contribution in [0.25, 0.3) is 0 Å². The Morgan fingerprint density at radius 2 is 1.87 bits per heavy atom. The smallest absolute Gasteiger partial charge is 0.421 e. The molecule has 14 heteroatoms. The Hall–Kier alpha value is -4.59. The molecule has 0 radical (unpaired) electrons. The highest BCUT2D eigenvalue weighted by molar-refractivity contribution is 6.00. The molecule has 10 nitrogen and oxygen atoms in total. The maximum Gasteiger partial charge on any atom is 0.421 e. The number of allylic oxidation sites excluding steroid dienone is 2. The van der Waals surface area contributed by atoms with Crippen molar-refractivity contribution in [2.75, 3.05) is 52.8 Å². The topological polar surface area (TPSA) is 105 Å². The van der Waals surface area contributed by atoms with Gasteiger partial charge in [0.15, 0.2) is 0 Å². The average molecular weight is 634 g/mol. The van der Waals surface area contributed by atoms with E-state index in [9.17, 15) is 22.8 Å². The van der Waals surface area contributed by atoms with E-state index in [2.05, 4.69) is 27.1 Å². The number of amides is 2. The van der Waals surface area contributed by atoms with Crippen LogP contribution in [0.4, 0.5) is 23.2 Å². The van der Waals surface area contributed by atoms with Gasteiger partial charge < -0.3 is 34.6 Å². The van der Waals surface area contributed by atoms with Crippen LogP contribution in [0.5, 0.6) is 17.2 Å². The molecule has 0 atom stereocenters. The van der Waals surface area contributed by atoms with Gasteiger partial charge in [0.05, 0.1) is 24.9 Å². The van der Waals surface area contributed by atoms with Crippen molar-refractivity contribution in [2.24, 2.45) is 4.99 Å². The van der Waals surface area contributed by atoms with Crippen LogP contribution < -0.4 is 24.8 Å². The zero-order valence-corrected chi connectivity index (χ0v) is 25.4. The molecule has 2 aliphatic heterocycles. The highest BCUT2D eigenvalue weighted by Crippen LogP contribution is 2.36. The van der Waals surface area contributed by atoms with Crippen LogP contribution in [0, 0.1) is 5.82 Å². The summed E-state index contributed by atoms with van der Waals surface area (Å²) in [6.07, 6.45) is -2.95. The van der Waals surface area contributed by atoms with E-state index in [1.807, 2.05) is 7.05 Å². The Balaban J connectivity index is 1.66. The summed E-state index contributed by atoms with van der Waals surface area (Å²) in [6.45, 7) is 6.63. The van der Waals surface area contributed by atoms with E-state index in [1.54, 1.807) is 0 Å². The number of carbonyl (C=O) groups is 2. The van der Waals surface area contributed by atoms with Crippen LogP contribution in [0.15, 0.2) is 59.4 Å². The molecule has 1 saturated heterocycles. The molecule has 0 saturated carbocycles. The number of nitrogens with zero attached hydrogens (tertiary/aromatic N) is 3. The number of carbonyl (C=O) groups excluding carboxylic acids is 2. The summed E-state index contributed by atoms with van der Waals surface area (Å²) in [5.74, 6) is -3.10. The Morgan fingerprint density at radius 1 is 1.16 bits per heavy atom. The monoisotopic (exact) mass is 633 g/mol. The third kappa shape index (κ3) is 7.93. The fraction of sp³-hybridized carbons (Fsp3) is 0.387. The van der Waals surface area contributed by atoms with E-state index in [0.29, 0.717) is 6.08 Å². The van der Waals surface area contributed by atoms with Crippen molar-refractivity contribution < 1.29 is 41.4 Å². The number of aliphatic imine (C=N–C) groups is 1. The van der Waals surface area contributed by atoms with Gasteiger partial charge in [-0.25, -0.2) is 4.39 Å². The minimum atomic E-state index is -4.93. The van der Waals surface area contributed by atoms with Gasteiger partial charge in [0, 0.05) is 19.2 Å². The molecule has 2 N–H and O–H groups in total. The number of amidine groups is 1. The number of nitrogens with one attached hydrogen (secondary N) is 2. The van der Waals surface area contributed by atoms with Crippen LogP contribution in [0.1, 0.15) is 40.5 Å². The summed E-state index contributed by atoms with van der Waals surface area (Å²) in [7, 11) is 4.81. The molecule has 2 amide bonds. The normalized spacial score (nSPS) is 17.0. The number of fused-ring (bicyclic) bond motifs is 1. The first-order valence-corrected chi connectivity index (χ1v) is 14.1. The van der Waals surface area contributed by atoms with Gasteiger partial charge in [-0.15, -0.1) is 0 Å². The quantitative estimate of drug-likeness (QED) is 0.139. The summed E-state index contributed by atoms with van der Waals surface area (Å²) in [5.41, 5.74) is -1.64. The standard InChI is InChI=1S/C31H35F4N5O5/c1-6-21(31(33,34)35)29(45-25-9-7-8-24-27(25)30(42)40(4)14-15-44-24)37-18(2)36-23-17-22(32)20(16-26(23)43-5)28(41)38-19-10-12-39(3)13-11-19/h6-9,16-17,19H,1,10-15H2,2-5H3,(H,36,37)(H,38,41)/b29-21-. The maximum atomic E-state index is 15.2. The van der Waals surface area contributed by atoms with Gasteiger partial charge in [-0.2, -0.15) is 18.2 Å². The number of piperidine rings is 1. The van der Waals surface area contributed by atoms with E-state index >= 15 is 4.39 Å². The molecule has 0 spiro atoms. The number of hydrogen-bond acceptors (Lipinski definition) is 7. The molecule has 0 unspecified atom stereocenters. The molecule has 4 rings (SSSR count). The number of benzene rings is 2. The summed E-state index contributed by atoms with van der Waals surface area (Å²) in [6, 6.07) is 6.39. The van der Waals surface area contributed by atoms with Crippen molar-refractivity contribution in [3.8, 4) is 17.2 Å². The minimum absolute atomic E-state index is 0.00242. The van der Waals surface area contributed by atoms with Gasteiger partial charge in [-0.3, -0.25) is 9.59 Å². The molecule has 2 aromatic carbocycles. The van der Waals surface area contributed by atoms with Crippen molar-refractivity contribution >= 4 is 23.3 Å². The first-order chi connectivity index (χ1) is 21.3. The predicted octanol–water partition coefficient (Wildman–Crippen LogP) is 4.99. The largest absolute Gasteiger partial charge is 0.495 e. The second-order valence-electron chi connectivity index (χ2n) is 10.6. The number of methoxy groups -OCH3 is 1. The van der Waals surface area contributed by atoms with Crippen LogP contribution in [-0.4, -0.2) is 87.1 Å². The number of hydrogen-bond donors (Lipinski definition) is 2. The van der Waals surface area contributed by atoms with E-state index in [4.69, 9.17) is 14.2 Å². The van der Waals surface area contributed by atoms with Crippen molar-refractivity contribution in [1.29, 1.82) is 0 Å². The van der Waals surface area contributed by atoms with Crippen molar-refractivity contribution in [3.05, 3.63) is 71.4 Å². The van der Waals surface area contributed by atoms with Gasteiger partial charge in [0.2, 0.25) is 5.88 Å². The average Bonchev–Trinajstić information content (AvgIpc) is 3.12. The Morgan fingerprint density at radius 3 is 2.51 bits per heavy atom. The molecule has 0 bridgehead atoms. The Labute approximate surface area is 258 Å². The highest BCUT2D eigenvalue weighted by Gasteiger charge is 2.37. The van der Waals surface area contributed by atoms with Crippen molar-refractivity contribution in [3.63, 3.8) is 0 Å². The van der Waals surface area contributed by atoms with E-state index in [0.717, 1.165) is 32.0 Å². The van der Waals surface area contributed by atoms with Gasteiger partial charge >= 0.3 is 6.18 Å². The second-order valence-corrected chi connectivity index (χ2v) is 10.6. The number of ether oxygens (including phenoxy) is 3. The highest BCUT2D eigenvalue weighted by atomic mass is 19.4. The fourth-order valence-corrected chi connectivity index (χ4v) is 4.86. The van der Waals surface area contributed by atoms with Gasteiger partial charge in [-0.05, 0) is 58.1 Å². The number of rotatable bonds is 8. The maximum absolute atomic E-state index is 15.2. The molecule has 45 heavy (non-hydrogen) atoms. The molecular weight excluding hydrogens is 598 g/mol. The zero-order chi connectivity index (χ0) is 32.9. The first kappa shape index (κ1) is 33.3. The summed E-state index contributed by atoms with van der Waals surface area (Å²) in [4.78, 5) is 33.4. The number of anilines is 1. The second kappa shape index (κ2) is 14.0. The molecule has 2 heterocycles. The van der Waals surface area contributed by atoms with Crippen LogP contribution in [0.2, 0.25) is 0 Å². The summed E-state index contributed by atoms with van der Waals surface area (Å²) >= 11 is 0. The minimum Gasteiger partial charge on any atom is -0.495 e. The Bertz CT molecular complexity index is 1520. The molecule has 242 valence electrons. The molecule has 0 aromatic heterocycles. The SMILES string of the molecule is C=C/C(=C(\N=C(/C)Nc1cc(F)c(C(=O)NC2CCN(C)CC2)cc1OC)Oc1cccc2c1C(=O)N(C)CCO2)C(F)(F)F. The van der Waals surface area contributed by atoms with Crippen molar-refractivity contribution in [2.45, 2.75) is 32.0 Å². The number of likely N-dealkylation sites (tertiary alicyclic amines) is 1. The van der Waals surface area contributed by atoms with E-state index in [-0.39, 0.29) is 59.1 Å². The number of likely N-dealkylation sites (N-methyl/N-ethyl adjacent to an activating group) is 1. The van der Waals surface area contributed by atoms with Crippen molar-refractivity contribution in [1.82, 2.24) is 15.1 Å². The van der Waals surface area contributed by atoms with E-state index < -0.39 is 35.3 Å². The number of halogens is 4.